The Kier molecular flexibility index (Phi) is 4.70. The Hall–Kier alpha value is -1.35. The number of hydrogen-bond acceptors (Lipinski definition) is 3. The molecule has 0 aliphatic carbocycles. The third kappa shape index (κ3) is 3.86. The zero-order valence-electron chi connectivity index (χ0n) is 9.13. The number of ether oxygens (including phenoxy) is 1. The highest BCUT2D eigenvalue weighted by Gasteiger charge is 2.14. The van der Waals surface area contributed by atoms with Crippen molar-refractivity contribution in [1.29, 1.82) is 0 Å². The number of hydrogen-bond donors (Lipinski definition) is 0. The highest BCUT2D eigenvalue weighted by molar-refractivity contribution is 7.27. The van der Waals surface area contributed by atoms with Gasteiger partial charge in [0.25, 0.3) is 0 Å². The number of halogens is 2. The van der Waals surface area contributed by atoms with Crippen LogP contribution >= 0.6 is 9.24 Å². The van der Waals surface area contributed by atoms with E-state index in [2.05, 4.69) is 4.74 Å². The summed E-state index contributed by atoms with van der Waals surface area (Å²) in [6.45, 7) is 0. The standard InChI is InChI=1S/C11H11F2O3P/c1-16-11(15)4-7(14)2-6-3-9(13)10(17)5-8(6)12/h3,5H,2,4,17H2,1H3. The molecule has 1 aromatic rings. The lowest BCUT2D eigenvalue weighted by Gasteiger charge is -2.04. The second-order valence-corrected chi connectivity index (χ2v) is 4.06. The molecule has 0 N–H and O–H groups in total. The maximum Gasteiger partial charge on any atom is 0.313 e. The van der Waals surface area contributed by atoms with Gasteiger partial charge in [0, 0.05) is 11.7 Å². The molecule has 0 amide bonds. The van der Waals surface area contributed by atoms with Crippen molar-refractivity contribution in [3.8, 4) is 0 Å². The van der Waals surface area contributed by atoms with Crippen LogP contribution in [0.25, 0.3) is 0 Å². The molecule has 6 heteroatoms. The average Bonchev–Trinajstić information content (AvgIpc) is 2.25. The first-order valence-corrected chi connectivity index (χ1v) is 5.33. The van der Waals surface area contributed by atoms with Crippen molar-refractivity contribution in [2.75, 3.05) is 7.11 Å². The van der Waals surface area contributed by atoms with Gasteiger partial charge < -0.3 is 4.74 Å². The fourth-order valence-electron chi connectivity index (χ4n) is 1.25. The van der Waals surface area contributed by atoms with Crippen LogP contribution in [0, 0.1) is 11.6 Å². The van der Waals surface area contributed by atoms with Crippen LogP contribution in [0.3, 0.4) is 0 Å². The van der Waals surface area contributed by atoms with E-state index in [1.807, 2.05) is 9.24 Å². The zero-order chi connectivity index (χ0) is 13.0. The summed E-state index contributed by atoms with van der Waals surface area (Å²) in [5.41, 5.74) is -0.0670. The summed E-state index contributed by atoms with van der Waals surface area (Å²) in [6, 6.07) is 1.94. The van der Waals surface area contributed by atoms with Crippen molar-refractivity contribution in [2.24, 2.45) is 0 Å². The number of carbonyl (C=O) groups excluding carboxylic acids is 2. The van der Waals surface area contributed by atoms with E-state index in [1.165, 1.54) is 0 Å². The van der Waals surface area contributed by atoms with Crippen molar-refractivity contribution in [3.05, 3.63) is 29.3 Å². The van der Waals surface area contributed by atoms with Gasteiger partial charge in [-0.3, -0.25) is 9.59 Å². The number of esters is 1. The lowest BCUT2D eigenvalue weighted by molar-refractivity contribution is -0.143. The molecule has 0 fully saturated rings. The normalized spacial score (nSPS) is 10.1. The molecular weight excluding hydrogens is 249 g/mol. The van der Waals surface area contributed by atoms with Crippen LogP contribution in [-0.2, 0) is 20.7 Å². The van der Waals surface area contributed by atoms with Gasteiger partial charge in [0.2, 0.25) is 0 Å². The molecule has 17 heavy (non-hydrogen) atoms. The number of ketones is 1. The monoisotopic (exact) mass is 260 g/mol. The Morgan fingerprint density at radius 3 is 2.53 bits per heavy atom. The summed E-state index contributed by atoms with van der Waals surface area (Å²) in [5.74, 6) is -2.50. The molecule has 0 radical (unpaired) electrons. The molecule has 1 atom stereocenters. The molecule has 92 valence electrons. The van der Waals surface area contributed by atoms with Crippen molar-refractivity contribution in [1.82, 2.24) is 0 Å². The summed E-state index contributed by atoms with van der Waals surface area (Å²) in [5, 5.41) is 0.0895. The van der Waals surface area contributed by atoms with E-state index < -0.39 is 29.8 Å². The van der Waals surface area contributed by atoms with E-state index in [1.54, 1.807) is 0 Å². The van der Waals surface area contributed by atoms with Gasteiger partial charge >= 0.3 is 5.97 Å². The molecule has 0 aliphatic heterocycles. The predicted octanol–water partition coefficient (Wildman–Crippen LogP) is 1.14. The molecule has 0 aliphatic rings. The van der Waals surface area contributed by atoms with E-state index in [9.17, 15) is 18.4 Å². The molecule has 0 aromatic heterocycles. The number of methoxy groups -OCH3 is 1. The molecule has 0 spiro atoms. The first-order valence-electron chi connectivity index (χ1n) is 4.76. The largest absolute Gasteiger partial charge is 0.469 e. The van der Waals surface area contributed by atoms with Crippen LogP contribution in [0.15, 0.2) is 12.1 Å². The second kappa shape index (κ2) is 5.82. The van der Waals surface area contributed by atoms with E-state index in [0.29, 0.717) is 0 Å². The van der Waals surface area contributed by atoms with Gasteiger partial charge in [-0.15, -0.1) is 9.24 Å². The summed E-state index contributed by atoms with van der Waals surface area (Å²) in [4.78, 5) is 22.1. The van der Waals surface area contributed by atoms with Gasteiger partial charge in [-0.1, -0.05) is 0 Å². The highest BCUT2D eigenvalue weighted by Crippen LogP contribution is 2.12. The molecule has 0 saturated heterocycles. The first-order chi connectivity index (χ1) is 7.93. The van der Waals surface area contributed by atoms with Crippen LogP contribution < -0.4 is 5.30 Å². The van der Waals surface area contributed by atoms with Gasteiger partial charge in [-0.25, -0.2) is 8.78 Å². The molecule has 0 bridgehead atoms. The lowest BCUT2D eigenvalue weighted by atomic mass is 10.1. The second-order valence-electron chi connectivity index (χ2n) is 3.43. The Labute approximate surface area is 99.4 Å². The molecule has 0 saturated carbocycles. The number of benzene rings is 1. The van der Waals surface area contributed by atoms with E-state index >= 15 is 0 Å². The molecule has 1 aromatic carbocycles. The smallest absolute Gasteiger partial charge is 0.313 e. The van der Waals surface area contributed by atoms with Crippen LogP contribution in [0.5, 0.6) is 0 Å². The van der Waals surface area contributed by atoms with Crippen molar-refractivity contribution < 1.29 is 23.1 Å². The average molecular weight is 260 g/mol. The SMILES string of the molecule is COC(=O)CC(=O)Cc1cc(F)c(P)cc1F. The van der Waals surface area contributed by atoms with Crippen molar-refractivity contribution in [2.45, 2.75) is 12.8 Å². The van der Waals surface area contributed by atoms with Crippen LogP contribution in [0.1, 0.15) is 12.0 Å². The van der Waals surface area contributed by atoms with E-state index in [0.717, 1.165) is 19.2 Å². The number of carbonyl (C=O) groups is 2. The Morgan fingerprint density at radius 2 is 1.94 bits per heavy atom. The first kappa shape index (κ1) is 13.7. The fraction of sp³-hybridized carbons (Fsp3) is 0.273. The molecule has 0 heterocycles. The Bertz CT molecular complexity index is 460. The Morgan fingerprint density at radius 1 is 1.29 bits per heavy atom. The highest BCUT2D eigenvalue weighted by atomic mass is 31.0. The van der Waals surface area contributed by atoms with Crippen LogP contribution in [-0.4, -0.2) is 18.9 Å². The lowest BCUT2D eigenvalue weighted by Crippen LogP contribution is -2.13. The van der Waals surface area contributed by atoms with Crippen molar-refractivity contribution >= 4 is 26.3 Å². The summed E-state index contributed by atoms with van der Waals surface area (Å²) < 4.78 is 30.8. The molecule has 3 nitrogen and oxygen atoms in total. The predicted molar refractivity (Wildman–Crippen MR) is 61.0 cm³/mol. The quantitative estimate of drug-likeness (QED) is 0.463. The summed E-state index contributed by atoms with van der Waals surface area (Å²) in [6.07, 6.45) is -0.775. The molecular formula is C11H11F2O3P. The summed E-state index contributed by atoms with van der Waals surface area (Å²) in [7, 11) is 3.20. The van der Waals surface area contributed by atoms with Gasteiger partial charge in [0.15, 0.2) is 0 Å². The minimum atomic E-state index is -0.696. The third-order valence-electron chi connectivity index (χ3n) is 2.12. The van der Waals surface area contributed by atoms with Gasteiger partial charge in [-0.2, -0.15) is 0 Å². The maximum atomic E-state index is 13.4. The van der Waals surface area contributed by atoms with Gasteiger partial charge in [0.1, 0.15) is 23.8 Å². The zero-order valence-corrected chi connectivity index (χ0v) is 10.3. The van der Waals surface area contributed by atoms with Gasteiger partial charge in [-0.05, 0) is 17.7 Å². The van der Waals surface area contributed by atoms with Gasteiger partial charge in [0.05, 0.1) is 7.11 Å². The van der Waals surface area contributed by atoms with E-state index in [4.69, 9.17) is 0 Å². The number of rotatable bonds is 4. The maximum absolute atomic E-state index is 13.4. The topological polar surface area (TPSA) is 43.4 Å². The third-order valence-corrected chi connectivity index (χ3v) is 2.56. The minimum absolute atomic E-state index is 0.0670. The Balaban J connectivity index is 2.78. The van der Waals surface area contributed by atoms with Crippen molar-refractivity contribution in [3.63, 3.8) is 0 Å². The van der Waals surface area contributed by atoms with Crippen LogP contribution in [0.2, 0.25) is 0 Å². The van der Waals surface area contributed by atoms with E-state index in [-0.39, 0.29) is 17.3 Å². The molecule has 1 unspecified atom stereocenters. The minimum Gasteiger partial charge on any atom is -0.469 e. The molecule has 1 rings (SSSR count). The number of Topliss-reactive ketones (excluding diaryl/α,β-unsaturated/α-hetero) is 1. The van der Waals surface area contributed by atoms with Crippen LogP contribution in [0.4, 0.5) is 8.78 Å². The fourth-order valence-corrected chi connectivity index (χ4v) is 1.48. The summed E-state index contributed by atoms with van der Waals surface area (Å²) >= 11 is 0.